The van der Waals surface area contributed by atoms with Gasteiger partial charge in [-0.1, -0.05) is 12.1 Å². The molecule has 7 heteroatoms. The van der Waals surface area contributed by atoms with E-state index in [2.05, 4.69) is 5.32 Å². The minimum Gasteiger partial charge on any atom is -0.493 e. The first kappa shape index (κ1) is 17.7. The van der Waals surface area contributed by atoms with Gasteiger partial charge in [-0.05, 0) is 43.9 Å². The lowest BCUT2D eigenvalue weighted by molar-refractivity contribution is -0.385. The zero-order valence-corrected chi connectivity index (χ0v) is 14.4. The fourth-order valence-electron chi connectivity index (χ4n) is 3.06. The Morgan fingerprint density at radius 2 is 1.88 bits per heavy atom. The second-order valence-corrected chi connectivity index (χ2v) is 6.12. The maximum Gasteiger partial charge on any atom is 0.282 e. The van der Waals surface area contributed by atoms with Crippen LogP contribution in [-0.4, -0.2) is 24.0 Å². The predicted molar refractivity (Wildman–Crippen MR) is 96.9 cm³/mol. The van der Waals surface area contributed by atoms with E-state index in [0.29, 0.717) is 17.2 Å². The Morgan fingerprint density at radius 3 is 2.58 bits per heavy atom. The molecule has 7 nitrogen and oxygen atoms in total. The van der Waals surface area contributed by atoms with E-state index in [9.17, 15) is 14.9 Å². The molecule has 26 heavy (non-hydrogen) atoms. The van der Waals surface area contributed by atoms with E-state index in [1.54, 1.807) is 31.4 Å². The van der Waals surface area contributed by atoms with Gasteiger partial charge in [-0.15, -0.1) is 0 Å². The highest BCUT2D eigenvalue weighted by atomic mass is 16.6. The second kappa shape index (κ2) is 7.86. The first-order chi connectivity index (χ1) is 12.6. The molecule has 0 bridgehead atoms. The molecule has 2 aromatic carbocycles. The SMILES string of the molecule is COc1ccc(NC(=O)c2ccccc2[N+](=O)[O-])cc1OC1CCCC1. The van der Waals surface area contributed by atoms with Crippen molar-refractivity contribution in [3.8, 4) is 11.5 Å². The van der Waals surface area contributed by atoms with Gasteiger partial charge < -0.3 is 14.8 Å². The molecule has 0 saturated heterocycles. The van der Waals surface area contributed by atoms with E-state index in [1.165, 1.54) is 18.2 Å². The molecule has 1 amide bonds. The molecule has 0 unspecified atom stereocenters. The predicted octanol–water partition coefficient (Wildman–Crippen LogP) is 4.18. The molecule has 1 N–H and O–H groups in total. The minimum absolute atomic E-state index is 0.00609. The van der Waals surface area contributed by atoms with Gasteiger partial charge in [0.15, 0.2) is 11.5 Å². The Labute approximate surface area is 151 Å². The summed E-state index contributed by atoms with van der Waals surface area (Å²) in [5.74, 6) is 0.592. The number of hydrogen-bond donors (Lipinski definition) is 1. The molecule has 0 atom stereocenters. The number of amides is 1. The average molecular weight is 356 g/mol. The second-order valence-electron chi connectivity index (χ2n) is 6.12. The highest BCUT2D eigenvalue weighted by Crippen LogP contribution is 2.34. The van der Waals surface area contributed by atoms with Crippen molar-refractivity contribution in [3.05, 3.63) is 58.1 Å². The summed E-state index contributed by atoms with van der Waals surface area (Å²) in [4.78, 5) is 23.0. The van der Waals surface area contributed by atoms with Crippen LogP contribution in [0.5, 0.6) is 11.5 Å². The first-order valence-electron chi connectivity index (χ1n) is 8.48. The van der Waals surface area contributed by atoms with Gasteiger partial charge in [-0.25, -0.2) is 0 Å². The molecule has 0 spiro atoms. The van der Waals surface area contributed by atoms with E-state index >= 15 is 0 Å². The van der Waals surface area contributed by atoms with Gasteiger partial charge in [0, 0.05) is 17.8 Å². The summed E-state index contributed by atoms with van der Waals surface area (Å²) in [6, 6.07) is 10.9. The van der Waals surface area contributed by atoms with Crippen LogP contribution in [-0.2, 0) is 0 Å². The number of anilines is 1. The van der Waals surface area contributed by atoms with Crippen molar-refractivity contribution < 1.29 is 19.2 Å². The monoisotopic (exact) mass is 356 g/mol. The Morgan fingerprint density at radius 1 is 1.15 bits per heavy atom. The maximum absolute atomic E-state index is 12.5. The summed E-state index contributed by atoms with van der Waals surface area (Å²) in [7, 11) is 1.56. The summed E-state index contributed by atoms with van der Waals surface area (Å²) in [5.41, 5.74) is 0.259. The number of nitro benzene ring substituents is 1. The minimum atomic E-state index is -0.572. The Hall–Kier alpha value is -3.09. The van der Waals surface area contributed by atoms with E-state index in [4.69, 9.17) is 9.47 Å². The van der Waals surface area contributed by atoms with Crippen molar-refractivity contribution in [2.75, 3.05) is 12.4 Å². The third kappa shape index (κ3) is 3.93. The highest BCUT2D eigenvalue weighted by Gasteiger charge is 2.21. The lowest BCUT2D eigenvalue weighted by atomic mass is 10.1. The van der Waals surface area contributed by atoms with Gasteiger partial charge >= 0.3 is 0 Å². The van der Waals surface area contributed by atoms with Gasteiger partial charge in [-0.3, -0.25) is 14.9 Å². The maximum atomic E-state index is 12.5. The van der Waals surface area contributed by atoms with Crippen molar-refractivity contribution in [1.82, 2.24) is 0 Å². The largest absolute Gasteiger partial charge is 0.493 e. The average Bonchev–Trinajstić information content (AvgIpc) is 3.15. The quantitative estimate of drug-likeness (QED) is 0.619. The smallest absolute Gasteiger partial charge is 0.282 e. The third-order valence-corrected chi connectivity index (χ3v) is 4.36. The number of benzene rings is 2. The molecule has 3 rings (SSSR count). The van der Waals surface area contributed by atoms with Crippen LogP contribution < -0.4 is 14.8 Å². The van der Waals surface area contributed by atoms with Crippen LogP contribution in [0.1, 0.15) is 36.0 Å². The zero-order chi connectivity index (χ0) is 18.5. The molecule has 136 valence electrons. The summed E-state index contributed by atoms with van der Waals surface area (Å²) in [6.07, 6.45) is 4.42. The Balaban J connectivity index is 1.81. The van der Waals surface area contributed by atoms with Crippen LogP contribution in [0.3, 0.4) is 0 Å². The number of nitro groups is 1. The molecule has 0 heterocycles. The zero-order valence-electron chi connectivity index (χ0n) is 14.4. The summed E-state index contributed by atoms with van der Waals surface area (Å²) >= 11 is 0. The standard InChI is InChI=1S/C19H20N2O5/c1-25-17-11-10-13(12-18(17)26-14-6-2-3-7-14)20-19(22)15-8-4-5-9-16(15)21(23)24/h4-5,8-12,14H,2-3,6-7H2,1H3,(H,20,22). The van der Waals surface area contributed by atoms with Gasteiger partial charge in [0.1, 0.15) is 5.56 Å². The normalized spacial score (nSPS) is 14.0. The van der Waals surface area contributed by atoms with Crippen molar-refractivity contribution in [1.29, 1.82) is 0 Å². The third-order valence-electron chi connectivity index (χ3n) is 4.36. The number of nitrogens with one attached hydrogen (secondary N) is 1. The number of rotatable bonds is 6. The van der Waals surface area contributed by atoms with Gasteiger partial charge in [0.2, 0.25) is 0 Å². The molecule has 0 aromatic heterocycles. The molecule has 0 radical (unpaired) electrons. The number of carbonyl (C=O) groups is 1. The Kier molecular flexibility index (Phi) is 5.36. The number of hydrogen-bond acceptors (Lipinski definition) is 5. The van der Waals surface area contributed by atoms with Crippen LogP contribution in [0.2, 0.25) is 0 Å². The van der Waals surface area contributed by atoms with Gasteiger partial charge in [-0.2, -0.15) is 0 Å². The van der Waals surface area contributed by atoms with Crippen LogP contribution in [0.15, 0.2) is 42.5 Å². The van der Waals surface area contributed by atoms with Gasteiger partial charge in [0.25, 0.3) is 11.6 Å². The van der Waals surface area contributed by atoms with Crippen molar-refractivity contribution >= 4 is 17.3 Å². The molecule has 0 aliphatic heterocycles. The van der Waals surface area contributed by atoms with E-state index < -0.39 is 10.8 Å². The Bertz CT molecular complexity index is 815. The number of carbonyl (C=O) groups excluding carboxylic acids is 1. The van der Waals surface area contributed by atoms with E-state index in [0.717, 1.165) is 25.7 Å². The molecular formula is C19H20N2O5. The van der Waals surface area contributed by atoms with Crippen LogP contribution in [0.25, 0.3) is 0 Å². The summed E-state index contributed by atoms with van der Waals surface area (Å²) < 4.78 is 11.3. The van der Waals surface area contributed by atoms with Crippen molar-refractivity contribution in [3.63, 3.8) is 0 Å². The molecule has 1 saturated carbocycles. The highest BCUT2D eigenvalue weighted by molar-refractivity contribution is 6.07. The number of para-hydroxylation sites is 1. The first-order valence-corrected chi connectivity index (χ1v) is 8.48. The molecule has 1 aliphatic carbocycles. The van der Waals surface area contributed by atoms with Gasteiger partial charge in [0.05, 0.1) is 18.1 Å². The van der Waals surface area contributed by atoms with E-state index in [-0.39, 0.29) is 17.4 Å². The topological polar surface area (TPSA) is 90.7 Å². The van der Waals surface area contributed by atoms with Crippen LogP contribution in [0.4, 0.5) is 11.4 Å². The number of ether oxygens (including phenoxy) is 2. The fourth-order valence-corrected chi connectivity index (χ4v) is 3.06. The molecule has 1 fully saturated rings. The number of nitrogens with zero attached hydrogens (tertiary/aromatic N) is 1. The van der Waals surface area contributed by atoms with Crippen molar-refractivity contribution in [2.45, 2.75) is 31.8 Å². The molecule has 1 aliphatic rings. The molecule has 2 aromatic rings. The summed E-state index contributed by atoms with van der Waals surface area (Å²) in [5, 5.41) is 13.8. The lowest BCUT2D eigenvalue weighted by Gasteiger charge is -2.17. The number of methoxy groups -OCH3 is 1. The van der Waals surface area contributed by atoms with Crippen LogP contribution >= 0.6 is 0 Å². The van der Waals surface area contributed by atoms with Crippen molar-refractivity contribution in [2.24, 2.45) is 0 Å². The lowest BCUT2D eigenvalue weighted by Crippen LogP contribution is -2.15. The van der Waals surface area contributed by atoms with E-state index in [1.807, 2.05) is 0 Å². The summed E-state index contributed by atoms with van der Waals surface area (Å²) in [6.45, 7) is 0. The fraction of sp³-hybridized carbons (Fsp3) is 0.316. The van der Waals surface area contributed by atoms with Crippen LogP contribution in [0, 0.1) is 10.1 Å². The molecular weight excluding hydrogens is 336 g/mol.